The molecule has 0 spiro atoms. The van der Waals surface area contributed by atoms with Gasteiger partial charge < -0.3 is 10.2 Å². The van der Waals surface area contributed by atoms with Crippen molar-refractivity contribution in [1.29, 1.82) is 0 Å². The molecule has 1 heterocycles. The summed E-state index contributed by atoms with van der Waals surface area (Å²) in [5.74, 6) is 0.181. The Morgan fingerprint density at radius 1 is 1.17 bits per heavy atom. The van der Waals surface area contributed by atoms with Gasteiger partial charge in [0.2, 0.25) is 11.8 Å². The lowest BCUT2D eigenvalue weighted by Gasteiger charge is -2.19. The number of rotatable bonds is 5. The van der Waals surface area contributed by atoms with Gasteiger partial charge in [0.25, 0.3) is 0 Å². The van der Waals surface area contributed by atoms with Crippen LogP contribution in [0, 0.1) is 6.92 Å². The molecule has 1 N–H and O–H groups in total. The summed E-state index contributed by atoms with van der Waals surface area (Å²) in [6.45, 7) is 2.75. The van der Waals surface area contributed by atoms with Crippen molar-refractivity contribution in [1.82, 2.24) is 0 Å². The van der Waals surface area contributed by atoms with Crippen LogP contribution in [0.25, 0.3) is 0 Å². The second-order valence-electron chi connectivity index (χ2n) is 6.18. The molecule has 0 bridgehead atoms. The molecule has 1 aliphatic heterocycles. The van der Waals surface area contributed by atoms with E-state index in [9.17, 15) is 9.59 Å². The Kier molecular flexibility index (Phi) is 4.94. The Labute approximate surface area is 142 Å². The topological polar surface area (TPSA) is 49.4 Å². The van der Waals surface area contributed by atoms with Gasteiger partial charge in [0.05, 0.1) is 0 Å². The first kappa shape index (κ1) is 16.2. The molecular weight excluding hydrogens is 300 g/mol. The fraction of sp³-hybridized carbons (Fsp3) is 0.300. The lowest BCUT2D eigenvalue weighted by Crippen LogP contribution is -2.24. The Balaban J connectivity index is 1.60. The summed E-state index contributed by atoms with van der Waals surface area (Å²) >= 11 is 0. The van der Waals surface area contributed by atoms with E-state index in [1.54, 1.807) is 0 Å². The average Bonchev–Trinajstić information content (AvgIpc) is 3.00. The summed E-state index contributed by atoms with van der Waals surface area (Å²) < 4.78 is 0. The summed E-state index contributed by atoms with van der Waals surface area (Å²) in [5.41, 5.74) is 3.89. The molecule has 4 heteroatoms. The van der Waals surface area contributed by atoms with Crippen LogP contribution in [0.15, 0.2) is 48.5 Å². The van der Waals surface area contributed by atoms with Gasteiger partial charge in [-0.3, -0.25) is 9.59 Å². The number of hydrogen-bond acceptors (Lipinski definition) is 2. The maximum absolute atomic E-state index is 12.1. The normalized spacial score (nSPS) is 14.0. The molecular formula is C20H22N2O2. The van der Waals surface area contributed by atoms with E-state index in [-0.39, 0.29) is 11.8 Å². The predicted molar refractivity (Wildman–Crippen MR) is 96.2 cm³/mol. The number of amides is 2. The van der Waals surface area contributed by atoms with Crippen LogP contribution in [0.3, 0.4) is 0 Å². The fourth-order valence-electron chi connectivity index (χ4n) is 3.06. The number of carbonyl (C=O) groups is 2. The molecule has 1 fully saturated rings. The molecule has 1 aliphatic rings. The van der Waals surface area contributed by atoms with E-state index >= 15 is 0 Å². The summed E-state index contributed by atoms with van der Waals surface area (Å²) in [4.78, 5) is 25.8. The van der Waals surface area contributed by atoms with E-state index in [0.29, 0.717) is 12.8 Å². The quantitative estimate of drug-likeness (QED) is 0.912. The fourth-order valence-corrected chi connectivity index (χ4v) is 3.06. The van der Waals surface area contributed by atoms with Crippen LogP contribution in [-0.4, -0.2) is 18.4 Å². The van der Waals surface area contributed by atoms with Gasteiger partial charge in [-0.15, -0.1) is 0 Å². The highest BCUT2D eigenvalue weighted by atomic mass is 16.2. The van der Waals surface area contributed by atoms with Crippen LogP contribution in [0.1, 0.15) is 30.4 Å². The van der Waals surface area contributed by atoms with Gasteiger partial charge in [-0.05, 0) is 49.1 Å². The zero-order valence-corrected chi connectivity index (χ0v) is 13.9. The van der Waals surface area contributed by atoms with E-state index < -0.39 is 0 Å². The number of anilines is 2. The first-order chi connectivity index (χ1) is 11.6. The second-order valence-corrected chi connectivity index (χ2v) is 6.18. The van der Waals surface area contributed by atoms with E-state index in [0.717, 1.165) is 41.9 Å². The van der Waals surface area contributed by atoms with E-state index in [4.69, 9.17) is 0 Å². The van der Waals surface area contributed by atoms with Gasteiger partial charge in [-0.2, -0.15) is 0 Å². The molecule has 0 atom stereocenters. The van der Waals surface area contributed by atoms with Crippen LogP contribution in [0.4, 0.5) is 11.4 Å². The zero-order valence-electron chi connectivity index (χ0n) is 13.9. The highest BCUT2D eigenvalue weighted by Gasteiger charge is 2.22. The number of aryl methyl sites for hydroxylation is 2. The maximum atomic E-state index is 12.1. The van der Waals surface area contributed by atoms with Crippen LogP contribution in [0.5, 0.6) is 0 Å². The number of nitrogens with one attached hydrogen (secondary N) is 1. The molecule has 4 nitrogen and oxygen atoms in total. The minimum atomic E-state index is 0.00301. The van der Waals surface area contributed by atoms with Gasteiger partial charge in [0, 0.05) is 30.8 Å². The molecule has 2 aromatic rings. The van der Waals surface area contributed by atoms with Gasteiger partial charge in [-0.25, -0.2) is 0 Å². The van der Waals surface area contributed by atoms with Crippen molar-refractivity contribution in [2.75, 3.05) is 16.8 Å². The molecule has 0 unspecified atom stereocenters. The summed E-state index contributed by atoms with van der Waals surface area (Å²) in [6, 6.07) is 15.7. The first-order valence-electron chi connectivity index (χ1n) is 8.38. The molecule has 2 aromatic carbocycles. The van der Waals surface area contributed by atoms with Crippen LogP contribution < -0.4 is 10.2 Å². The molecule has 2 amide bonds. The standard InChI is InChI=1S/C20H22N2O2/c1-15-14-17(10-11-18(15)22-13-5-8-20(22)24)21-19(23)12-9-16-6-3-2-4-7-16/h2-4,6-7,10-11,14H,5,8-9,12-13H2,1H3,(H,21,23). The van der Waals surface area contributed by atoms with Crippen molar-refractivity contribution < 1.29 is 9.59 Å². The Morgan fingerprint density at radius 2 is 1.96 bits per heavy atom. The molecule has 0 aliphatic carbocycles. The first-order valence-corrected chi connectivity index (χ1v) is 8.38. The van der Waals surface area contributed by atoms with E-state index in [1.807, 2.05) is 60.4 Å². The molecule has 0 radical (unpaired) electrons. The molecule has 124 valence electrons. The van der Waals surface area contributed by atoms with Crippen LogP contribution >= 0.6 is 0 Å². The minimum Gasteiger partial charge on any atom is -0.326 e. The van der Waals surface area contributed by atoms with Crippen molar-refractivity contribution >= 4 is 23.2 Å². The molecule has 3 rings (SSSR count). The van der Waals surface area contributed by atoms with Crippen molar-refractivity contribution in [2.24, 2.45) is 0 Å². The molecule has 1 saturated heterocycles. The molecule has 24 heavy (non-hydrogen) atoms. The number of benzene rings is 2. The van der Waals surface area contributed by atoms with Gasteiger partial charge in [0.1, 0.15) is 0 Å². The monoisotopic (exact) mass is 322 g/mol. The minimum absolute atomic E-state index is 0.00301. The smallest absolute Gasteiger partial charge is 0.227 e. The lowest BCUT2D eigenvalue weighted by molar-refractivity contribution is -0.117. The molecule has 0 aromatic heterocycles. The van der Waals surface area contributed by atoms with Crippen LogP contribution in [-0.2, 0) is 16.0 Å². The number of carbonyl (C=O) groups excluding carboxylic acids is 2. The van der Waals surface area contributed by atoms with E-state index in [2.05, 4.69) is 5.32 Å². The summed E-state index contributed by atoms with van der Waals surface area (Å²) in [6.07, 6.45) is 2.72. The lowest BCUT2D eigenvalue weighted by atomic mass is 10.1. The highest BCUT2D eigenvalue weighted by molar-refractivity contribution is 5.97. The van der Waals surface area contributed by atoms with Crippen molar-refractivity contribution in [3.63, 3.8) is 0 Å². The van der Waals surface area contributed by atoms with Crippen molar-refractivity contribution in [3.05, 3.63) is 59.7 Å². The number of nitrogens with zero attached hydrogens (tertiary/aromatic N) is 1. The third-order valence-electron chi connectivity index (χ3n) is 4.33. The summed E-state index contributed by atoms with van der Waals surface area (Å²) in [7, 11) is 0. The Bertz CT molecular complexity index is 741. The van der Waals surface area contributed by atoms with Crippen LogP contribution in [0.2, 0.25) is 0 Å². The van der Waals surface area contributed by atoms with E-state index in [1.165, 1.54) is 0 Å². The third-order valence-corrected chi connectivity index (χ3v) is 4.33. The highest BCUT2D eigenvalue weighted by Crippen LogP contribution is 2.27. The maximum Gasteiger partial charge on any atom is 0.227 e. The summed E-state index contributed by atoms with van der Waals surface area (Å²) in [5, 5.41) is 2.94. The van der Waals surface area contributed by atoms with Gasteiger partial charge in [0.15, 0.2) is 0 Å². The predicted octanol–water partition coefficient (Wildman–Crippen LogP) is 3.69. The Hall–Kier alpha value is -2.62. The largest absolute Gasteiger partial charge is 0.326 e. The van der Waals surface area contributed by atoms with Crippen molar-refractivity contribution in [2.45, 2.75) is 32.6 Å². The number of hydrogen-bond donors (Lipinski definition) is 1. The average molecular weight is 322 g/mol. The van der Waals surface area contributed by atoms with Gasteiger partial charge >= 0.3 is 0 Å². The Morgan fingerprint density at radius 3 is 2.62 bits per heavy atom. The van der Waals surface area contributed by atoms with Crippen molar-refractivity contribution in [3.8, 4) is 0 Å². The third kappa shape index (κ3) is 3.82. The van der Waals surface area contributed by atoms with Gasteiger partial charge in [-0.1, -0.05) is 30.3 Å². The molecule has 0 saturated carbocycles. The second kappa shape index (κ2) is 7.30. The SMILES string of the molecule is Cc1cc(NC(=O)CCc2ccccc2)ccc1N1CCCC1=O. The zero-order chi connectivity index (χ0) is 16.9.